The predicted octanol–water partition coefficient (Wildman–Crippen LogP) is 1.97. The van der Waals surface area contributed by atoms with E-state index in [0.717, 1.165) is 18.5 Å². The van der Waals surface area contributed by atoms with Gasteiger partial charge < -0.3 is 4.74 Å². The monoisotopic (exact) mass is 271 g/mol. The zero-order valence-corrected chi connectivity index (χ0v) is 10.2. The van der Waals surface area contributed by atoms with Gasteiger partial charge in [-0.25, -0.2) is 0 Å². The third kappa shape index (κ3) is 2.79. The number of carbonyl (C=O) groups excluding carboxylic acids is 1. The fourth-order valence-corrected chi connectivity index (χ4v) is 1.74. The lowest BCUT2D eigenvalue weighted by Crippen LogP contribution is -2.32. The van der Waals surface area contributed by atoms with Crippen LogP contribution in [-0.2, 0) is 16.0 Å². The maximum absolute atomic E-state index is 10.9. The molecule has 0 saturated heterocycles. The maximum atomic E-state index is 10.9. The number of hydrogen-bond donors (Lipinski definition) is 1. The highest BCUT2D eigenvalue weighted by atomic mass is 79.9. The fraction of sp³-hybridized carbons (Fsp3) is 0.364. The third-order valence-corrected chi connectivity index (χ3v) is 2.35. The van der Waals surface area contributed by atoms with E-state index in [1.807, 2.05) is 18.2 Å². The summed E-state index contributed by atoms with van der Waals surface area (Å²) in [5, 5.41) is 3.16. The molecule has 2 rings (SSSR count). The van der Waals surface area contributed by atoms with Gasteiger partial charge in [0.15, 0.2) is 6.23 Å². The van der Waals surface area contributed by atoms with Crippen molar-refractivity contribution in [1.29, 1.82) is 0 Å². The molecule has 82 valence electrons. The summed E-state index contributed by atoms with van der Waals surface area (Å²) >= 11 is 0. The quantitative estimate of drug-likeness (QED) is 0.794. The second-order valence-corrected chi connectivity index (χ2v) is 3.39. The van der Waals surface area contributed by atoms with Crippen molar-refractivity contribution in [2.75, 3.05) is 6.54 Å². The van der Waals surface area contributed by atoms with Crippen molar-refractivity contribution >= 4 is 23.0 Å². The van der Waals surface area contributed by atoms with Crippen LogP contribution in [0.25, 0.3) is 0 Å². The molecule has 0 bridgehead atoms. The van der Waals surface area contributed by atoms with E-state index in [1.165, 1.54) is 12.5 Å². The van der Waals surface area contributed by atoms with Gasteiger partial charge in [0.05, 0.1) is 0 Å². The normalized spacial score (nSPS) is 18.6. The number of nitrogens with one attached hydrogen (secondary N) is 1. The summed E-state index contributed by atoms with van der Waals surface area (Å²) in [5.74, 6) is -0.251. The minimum atomic E-state index is -0.266. The fourth-order valence-electron chi connectivity index (χ4n) is 1.74. The van der Waals surface area contributed by atoms with Crippen LogP contribution in [0.3, 0.4) is 0 Å². The molecule has 3 nitrogen and oxygen atoms in total. The molecular formula is C11H14BrNO2. The van der Waals surface area contributed by atoms with Gasteiger partial charge in [-0.05, 0) is 12.0 Å². The van der Waals surface area contributed by atoms with Crippen LogP contribution in [0.5, 0.6) is 0 Å². The number of benzene rings is 1. The van der Waals surface area contributed by atoms with Gasteiger partial charge in [-0.15, -0.1) is 17.0 Å². The van der Waals surface area contributed by atoms with Gasteiger partial charge in [0.1, 0.15) is 0 Å². The van der Waals surface area contributed by atoms with Gasteiger partial charge in [0.2, 0.25) is 0 Å². The highest BCUT2D eigenvalue weighted by molar-refractivity contribution is 8.93. The molecule has 1 aliphatic rings. The predicted molar refractivity (Wildman–Crippen MR) is 63.0 cm³/mol. The Kier molecular flexibility index (Phi) is 4.29. The van der Waals surface area contributed by atoms with Crippen LogP contribution in [0.15, 0.2) is 24.3 Å². The van der Waals surface area contributed by atoms with E-state index in [2.05, 4.69) is 11.4 Å². The molecule has 1 aliphatic heterocycles. The number of esters is 1. The lowest BCUT2D eigenvalue weighted by molar-refractivity contribution is -0.148. The van der Waals surface area contributed by atoms with Gasteiger partial charge in [-0.3, -0.25) is 10.1 Å². The minimum Gasteiger partial charge on any atom is -0.442 e. The van der Waals surface area contributed by atoms with Gasteiger partial charge in [-0.1, -0.05) is 24.3 Å². The zero-order chi connectivity index (χ0) is 9.97. The molecule has 0 amide bonds. The van der Waals surface area contributed by atoms with Crippen LogP contribution < -0.4 is 5.32 Å². The molecule has 1 aromatic rings. The molecule has 1 heterocycles. The molecule has 0 aromatic heterocycles. The molecule has 1 atom stereocenters. The molecule has 0 fully saturated rings. The molecule has 0 spiro atoms. The van der Waals surface area contributed by atoms with E-state index < -0.39 is 0 Å². The highest BCUT2D eigenvalue weighted by Crippen LogP contribution is 2.23. The summed E-state index contributed by atoms with van der Waals surface area (Å²) in [5.41, 5.74) is 2.34. The van der Waals surface area contributed by atoms with E-state index >= 15 is 0 Å². The first-order valence-corrected chi connectivity index (χ1v) is 4.76. The van der Waals surface area contributed by atoms with E-state index in [9.17, 15) is 4.79 Å². The SMILES string of the molecule is Br.CC(=O)OC1NCCc2ccccc21. The summed E-state index contributed by atoms with van der Waals surface area (Å²) in [4.78, 5) is 10.9. The Labute approximate surface area is 99.6 Å². The van der Waals surface area contributed by atoms with Crippen LogP contribution in [0.2, 0.25) is 0 Å². The van der Waals surface area contributed by atoms with Crippen LogP contribution in [0, 0.1) is 0 Å². The standard InChI is InChI=1S/C11H13NO2.BrH/c1-8(13)14-11-10-5-3-2-4-9(10)6-7-12-11;/h2-5,11-12H,6-7H2,1H3;1H. The Morgan fingerprint density at radius 2 is 2.20 bits per heavy atom. The van der Waals surface area contributed by atoms with Crippen molar-refractivity contribution in [3.05, 3.63) is 35.4 Å². The van der Waals surface area contributed by atoms with Crippen molar-refractivity contribution in [2.45, 2.75) is 19.6 Å². The number of hydrogen-bond acceptors (Lipinski definition) is 3. The van der Waals surface area contributed by atoms with Crippen molar-refractivity contribution < 1.29 is 9.53 Å². The van der Waals surface area contributed by atoms with E-state index in [4.69, 9.17) is 4.74 Å². The lowest BCUT2D eigenvalue weighted by atomic mass is 10.00. The first-order valence-electron chi connectivity index (χ1n) is 4.76. The minimum absolute atomic E-state index is 0. The van der Waals surface area contributed by atoms with Crippen LogP contribution >= 0.6 is 17.0 Å². The second-order valence-electron chi connectivity index (χ2n) is 3.39. The molecule has 0 saturated carbocycles. The Bertz CT molecular complexity index is 354. The Morgan fingerprint density at radius 3 is 2.93 bits per heavy atom. The van der Waals surface area contributed by atoms with Crippen molar-refractivity contribution in [2.24, 2.45) is 0 Å². The highest BCUT2D eigenvalue weighted by Gasteiger charge is 2.20. The summed E-state index contributed by atoms with van der Waals surface area (Å²) in [6.07, 6.45) is 0.728. The first kappa shape index (κ1) is 12.2. The van der Waals surface area contributed by atoms with Crippen molar-refractivity contribution in [3.8, 4) is 0 Å². The summed E-state index contributed by atoms with van der Waals surface area (Å²) in [6, 6.07) is 8.04. The summed E-state index contributed by atoms with van der Waals surface area (Å²) < 4.78 is 5.17. The first-order chi connectivity index (χ1) is 6.77. The van der Waals surface area contributed by atoms with Crippen molar-refractivity contribution in [1.82, 2.24) is 5.32 Å². The van der Waals surface area contributed by atoms with Gasteiger partial charge in [0.25, 0.3) is 0 Å². The Morgan fingerprint density at radius 1 is 1.47 bits per heavy atom. The van der Waals surface area contributed by atoms with E-state index in [0.29, 0.717) is 0 Å². The van der Waals surface area contributed by atoms with Gasteiger partial charge in [-0.2, -0.15) is 0 Å². The average Bonchev–Trinajstić information content (AvgIpc) is 2.18. The molecule has 15 heavy (non-hydrogen) atoms. The Balaban J connectivity index is 0.00000112. The van der Waals surface area contributed by atoms with Crippen molar-refractivity contribution in [3.63, 3.8) is 0 Å². The summed E-state index contributed by atoms with van der Waals surface area (Å²) in [6.45, 7) is 2.29. The molecule has 0 radical (unpaired) electrons. The van der Waals surface area contributed by atoms with E-state index in [1.54, 1.807) is 0 Å². The smallest absolute Gasteiger partial charge is 0.304 e. The second kappa shape index (κ2) is 5.28. The van der Waals surface area contributed by atoms with Crippen LogP contribution in [0.1, 0.15) is 24.3 Å². The number of carbonyl (C=O) groups is 1. The molecule has 1 N–H and O–H groups in total. The number of rotatable bonds is 1. The molecule has 0 aliphatic carbocycles. The van der Waals surface area contributed by atoms with Gasteiger partial charge >= 0.3 is 5.97 Å². The molecule has 4 heteroatoms. The molecular weight excluding hydrogens is 258 g/mol. The number of fused-ring (bicyclic) bond motifs is 1. The Hall–Kier alpha value is -0.870. The molecule has 1 aromatic carbocycles. The largest absolute Gasteiger partial charge is 0.442 e. The topological polar surface area (TPSA) is 38.3 Å². The number of ether oxygens (including phenoxy) is 1. The van der Waals surface area contributed by atoms with Gasteiger partial charge in [0, 0.05) is 19.0 Å². The van der Waals surface area contributed by atoms with Crippen LogP contribution in [-0.4, -0.2) is 12.5 Å². The summed E-state index contributed by atoms with van der Waals surface area (Å²) in [7, 11) is 0. The number of halogens is 1. The lowest BCUT2D eigenvalue weighted by Gasteiger charge is -2.25. The molecule has 1 unspecified atom stereocenters. The zero-order valence-electron chi connectivity index (χ0n) is 8.53. The van der Waals surface area contributed by atoms with E-state index in [-0.39, 0.29) is 29.2 Å². The van der Waals surface area contributed by atoms with Crippen LogP contribution in [0.4, 0.5) is 0 Å². The maximum Gasteiger partial charge on any atom is 0.304 e. The third-order valence-electron chi connectivity index (χ3n) is 2.35. The average molecular weight is 272 g/mol.